The summed E-state index contributed by atoms with van der Waals surface area (Å²) in [7, 11) is 0. The number of fused-ring (bicyclic) bond motifs is 3. The molecule has 4 aliphatic rings. The minimum atomic E-state index is -1.17. The topological polar surface area (TPSA) is 128 Å². The van der Waals surface area contributed by atoms with Gasteiger partial charge in [0.25, 0.3) is 0 Å². The van der Waals surface area contributed by atoms with Crippen LogP contribution in [0.15, 0.2) is 0 Å². The molecular formula is C18H31NO9. The molecule has 4 heterocycles. The Morgan fingerprint density at radius 2 is 1.50 bits per heavy atom. The Kier molecular flexibility index (Phi) is 5.50. The molecule has 4 aliphatic heterocycles. The van der Waals surface area contributed by atoms with Gasteiger partial charge in [0, 0.05) is 6.54 Å². The van der Waals surface area contributed by atoms with Crippen molar-refractivity contribution in [1.29, 1.82) is 0 Å². The minimum absolute atomic E-state index is 0.159. The Hall–Kier alpha value is -0.400. The zero-order valence-corrected chi connectivity index (χ0v) is 16.6. The van der Waals surface area contributed by atoms with Gasteiger partial charge in [0.15, 0.2) is 17.9 Å². The highest BCUT2D eigenvalue weighted by molar-refractivity contribution is 5.01. The van der Waals surface area contributed by atoms with Crippen molar-refractivity contribution in [2.24, 2.45) is 0 Å². The lowest BCUT2D eigenvalue weighted by atomic mass is 9.96. The summed E-state index contributed by atoms with van der Waals surface area (Å²) in [5.74, 6) is -1.56. The zero-order chi connectivity index (χ0) is 20.3. The summed E-state index contributed by atoms with van der Waals surface area (Å²) in [4.78, 5) is 0. The molecule has 0 aromatic carbocycles. The molecule has 0 bridgehead atoms. The summed E-state index contributed by atoms with van der Waals surface area (Å²) in [6, 6.07) is -0.509. The van der Waals surface area contributed by atoms with E-state index in [2.05, 4.69) is 5.32 Å². The number of hydrogen-bond donors (Lipinski definition) is 4. The number of hydrogen-bond acceptors (Lipinski definition) is 10. The number of rotatable bonds is 4. The SMILES string of the molecule is CC1(C)O[C@H]2[C@@H](O1)[C@@H](CN[C@H]1CO[C@H](CO)[C@@H](O)[C@@H]1O)O[C@@H]1OC(C)(C)O[C@@H]12. The first-order chi connectivity index (χ1) is 13.1. The van der Waals surface area contributed by atoms with Crippen LogP contribution in [0.25, 0.3) is 0 Å². The van der Waals surface area contributed by atoms with Crippen LogP contribution in [0.1, 0.15) is 27.7 Å². The van der Waals surface area contributed by atoms with Crippen LogP contribution in [0, 0.1) is 0 Å². The van der Waals surface area contributed by atoms with E-state index in [4.69, 9.17) is 28.4 Å². The van der Waals surface area contributed by atoms with E-state index in [0.717, 1.165) is 0 Å². The zero-order valence-electron chi connectivity index (χ0n) is 16.6. The lowest BCUT2D eigenvalue weighted by Gasteiger charge is -2.40. The largest absolute Gasteiger partial charge is 0.394 e. The lowest BCUT2D eigenvalue weighted by molar-refractivity contribution is -0.233. The maximum atomic E-state index is 10.3. The number of nitrogens with one attached hydrogen (secondary N) is 1. The predicted octanol–water partition coefficient (Wildman–Crippen LogP) is -1.55. The first-order valence-electron chi connectivity index (χ1n) is 9.79. The molecule has 0 aromatic rings. The molecule has 10 heteroatoms. The third-order valence-electron chi connectivity index (χ3n) is 5.64. The van der Waals surface area contributed by atoms with E-state index in [-0.39, 0.29) is 25.4 Å². The van der Waals surface area contributed by atoms with Gasteiger partial charge >= 0.3 is 0 Å². The van der Waals surface area contributed by atoms with Crippen molar-refractivity contribution in [2.45, 2.75) is 94.3 Å². The Morgan fingerprint density at radius 1 is 0.857 bits per heavy atom. The third-order valence-corrected chi connectivity index (χ3v) is 5.64. The summed E-state index contributed by atoms with van der Waals surface area (Å²) < 4.78 is 35.5. The second-order valence-electron chi connectivity index (χ2n) is 8.76. The van der Waals surface area contributed by atoms with E-state index in [9.17, 15) is 15.3 Å². The average Bonchev–Trinajstić information content (AvgIpc) is 3.10. The molecule has 4 fully saturated rings. The van der Waals surface area contributed by atoms with E-state index in [0.29, 0.717) is 6.54 Å². The van der Waals surface area contributed by atoms with Gasteiger partial charge in [-0.15, -0.1) is 0 Å². The van der Waals surface area contributed by atoms with Crippen molar-refractivity contribution in [1.82, 2.24) is 5.32 Å². The molecule has 0 saturated carbocycles. The molecule has 0 unspecified atom stereocenters. The van der Waals surface area contributed by atoms with E-state index >= 15 is 0 Å². The monoisotopic (exact) mass is 405 g/mol. The van der Waals surface area contributed by atoms with Gasteiger partial charge < -0.3 is 49.1 Å². The van der Waals surface area contributed by atoms with E-state index in [1.165, 1.54) is 0 Å². The Morgan fingerprint density at radius 3 is 2.21 bits per heavy atom. The van der Waals surface area contributed by atoms with Gasteiger partial charge in [-0.05, 0) is 27.7 Å². The fourth-order valence-electron chi connectivity index (χ4n) is 4.35. The molecule has 4 N–H and O–H groups in total. The summed E-state index contributed by atoms with van der Waals surface area (Å²) in [6.07, 6.45) is -5.14. The summed E-state index contributed by atoms with van der Waals surface area (Å²) in [6.45, 7) is 7.48. The first kappa shape index (κ1) is 20.9. The van der Waals surface area contributed by atoms with Crippen LogP contribution in [0.2, 0.25) is 0 Å². The highest BCUT2D eigenvalue weighted by Gasteiger charge is 2.60. The van der Waals surface area contributed by atoms with Gasteiger partial charge in [0.1, 0.15) is 42.7 Å². The van der Waals surface area contributed by atoms with Crippen molar-refractivity contribution < 1.29 is 43.7 Å². The van der Waals surface area contributed by atoms with Crippen LogP contribution in [0.5, 0.6) is 0 Å². The fraction of sp³-hybridized carbons (Fsp3) is 1.00. The summed E-state index contributed by atoms with van der Waals surface area (Å²) in [5.41, 5.74) is 0. The maximum Gasteiger partial charge on any atom is 0.190 e. The lowest BCUT2D eigenvalue weighted by Crippen LogP contribution is -2.62. The van der Waals surface area contributed by atoms with Crippen LogP contribution < -0.4 is 5.32 Å². The molecule has 0 radical (unpaired) electrons. The van der Waals surface area contributed by atoms with Crippen LogP contribution in [-0.2, 0) is 28.4 Å². The van der Waals surface area contributed by atoms with Crippen LogP contribution >= 0.6 is 0 Å². The molecule has 0 aliphatic carbocycles. The Bertz CT molecular complexity index is 573. The second kappa shape index (κ2) is 7.38. The minimum Gasteiger partial charge on any atom is -0.394 e. The second-order valence-corrected chi connectivity index (χ2v) is 8.76. The Balaban J connectivity index is 1.43. The first-order valence-corrected chi connectivity index (χ1v) is 9.79. The molecule has 0 spiro atoms. The molecule has 0 aromatic heterocycles. The van der Waals surface area contributed by atoms with E-state index in [1.54, 1.807) is 0 Å². The van der Waals surface area contributed by atoms with Crippen LogP contribution in [-0.4, -0.2) is 102 Å². The maximum absolute atomic E-state index is 10.3. The van der Waals surface area contributed by atoms with Crippen LogP contribution in [0.3, 0.4) is 0 Å². The molecule has 162 valence electrons. The van der Waals surface area contributed by atoms with E-state index in [1.807, 2.05) is 27.7 Å². The molecule has 4 rings (SSSR count). The van der Waals surface area contributed by atoms with Crippen molar-refractivity contribution in [2.75, 3.05) is 19.8 Å². The van der Waals surface area contributed by atoms with Gasteiger partial charge in [-0.2, -0.15) is 0 Å². The van der Waals surface area contributed by atoms with Crippen molar-refractivity contribution in [3.8, 4) is 0 Å². The molecular weight excluding hydrogens is 374 g/mol. The van der Waals surface area contributed by atoms with Crippen molar-refractivity contribution in [3.05, 3.63) is 0 Å². The van der Waals surface area contributed by atoms with Gasteiger partial charge in [-0.3, -0.25) is 0 Å². The summed E-state index contributed by atoms with van der Waals surface area (Å²) in [5, 5.41) is 32.7. The summed E-state index contributed by atoms with van der Waals surface area (Å²) >= 11 is 0. The van der Waals surface area contributed by atoms with Crippen molar-refractivity contribution in [3.63, 3.8) is 0 Å². The average molecular weight is 405 g/mol. The Labute approximate surface area is 164 Å². The van der Waals surface area contributed by atoms with Gasteiger partial charge in [-0.1, -0.05) is 0 Å². The number of aliphatic hydroxyl groups is 3. The molecule has 4 saturated heterocycles. The normalized spacial score (nSPS) is 49.6. The predicted molar refractivity (Wildman–Crippen MR) is 93.2 cm³/mol. The highest BCUT2D eigenvalue weighted by atomic mass is 16.9. The van der Waals surface area contributed by atoms with Gasteiger partial charge in [0.05, 0.1) is 19.3 Å². The van der Waals surface area contributed by atoms with E-state index < -0.39 is 54.4 Å². The van der Waals surface area contributed by atoms with Gasteiger partial charge in [-0.25, -0.2) is 0 Å². The van der Waals surface area contributed by atoms with Crippen molar-refractivity contribution >= 4 is 0 Å². The van der Waals surface area contributed by atoms with Crippen LogP contribution in [0.4, 0.5) is 0 Å². The highest BCUT2D eigenvalue weighted by Crippen LogP contribution is 2.44. The van der Waals surface area contributed by atoms with Gasteiger partial charge in [0.2, 0.25) is 0 Å². The molecule has 0 amide bonds. The smallest absolute Gasteiger partial charge is 0.190 e. The quantitative estimate of drug-likeness (QED) is 0.437. The molecule has 28 heavy (non-hydrogen) atoms. The number of aliphatic hydroxyl groups excluding tert-OH is 3. The third kappa shape index (κ3) is 3.83. The fourth-order valence-corrected chi connectivity index (χ4v) is 4.35. The molecule has 9 atom stereocenters. The number of ether oxygens (including phenoxy) is 6. The molecule has 10 nitrogen and oxygen atoms in total. The standard InChI is InChI=1S/C18H31NO9/c1-17(2)25-13-9(5-19-8-7-23-10(6-20)12(22)11(8)21)24-16-15(14(13)26-17)27-18(3,4)28-16/h8-16,19-22H,5-7H2,1-4H3/t8-,9+,10+,11+,12+,13-,14-,15+,16+/m0/s1.